The number of carboxylic acid groups (broad SMARTS) is 2. The van der Waals surface area contributed by atoms with Gasteiger partial charge in [-0.25, -0.2) is 9.59 Å². The van der Waals surface area contributed by atoms with Gasteiger partial charge >= 0.3 is 30.5 Å². The fourth-order valence-corrected chi connectivity index (χ4v) is 5.76. The Morgan fingerprint density at radius 2 is 1.14 bits per heavy atom. The maximum atomic E-state index is 13.8. The molecule has 0 aliphatic carbocycles. The molecule has 5 nitrogen and oxygen atoms in total. The first-order valence-electron chi connectivity index (χ1n) is 8.48. The zero-order chi connectivity index (χ0) is 27.1. The molecule has 0 bridgehead atoms. The third-order valence-corrected chi connectivity index (χ3v) is 7.50. The van der Waals surface area contributed by atoms with Crippen molar-refractivity contribution < 1.29 is 63.9 Å². The number of aromatic carboxylic acids is 2. The monoisotopic (exact) mass is 572 g/mol. The van der Waals surface area contributed by atoms with Crippen molar-refractivity contribution in [1.29, 1.82) is 0 Å². The summed E-state index contributed by atoms with van der Waals surface area (Å²) in [5.41, 5.74) is -13.9. The van der Waals surface area contributed by atoms with E-state index >= 15 is 0 Å². The van der Waals surface area contributed by atoms with E-state index in [1.807, 2.05) is 0 Å². The Morgan fingerprint density at radius 3 is 1.49 bits per heavy atom. The number of carbonyl (C=O) groups is 2. The third kappa shape index (κ3) is 6.31. The van der Waals surface area contributed by atoms with Gasteiger partial charge in [0.05, 0.1) is 27.8 Å². The Kier molecular flexibility index (Phi) is 8.30. The molecule has 0 fully saturated rings. The lowest BCUT2D eigenvalue weighted by Gasteiger charge is -2.26. The number of benzene rings is 2. The zero-order valence-electron chi connectivity index (χ0n) is 16.6. The summed E-state index contributed by atoms with van der Waals surface area (Å²) in [7, 11) is -0.360. The number of hydrogen-bond acceptors (Lipinski definition) is 5. The van der Waals surface area contributed by atoms with E-state index in [2.05, 4.69) is 0 Å². The van der Waals surface area contributed by atoms with Crippen molar-refractivity contribution in [1.82, 2.24) is 0 Å². The van der Waals surface area contributed by atoms with Gasteiger partial charge in [0.1, 0.15) is 6.26 Å². The van der Waals surface area contributed by atoms with Gasteiger partial charge < -0.3 is 14.8 Å². The highest BCUT2D eigenvalue weighted by molar-refractivity contribution is 8.76. The minimum absolute atomic E-state index is 0.0850. The molecule has 35 heavy (non-hydrogen) atoms. The predicted octanol–water partition coefficient (Wildman–Crippen LogP) is 6.68. The summed E-state index contributed by atoms with van der Waals surface area (Å²) in [6, 6.07) is 4.63. The maximum Gasteiger partial charge on any atom is 0.418 e. The summed E-state index contributed by atoms with van der Waals surface area (Å²) < 4.78 is 135. The number of rotatable bonds is 6. The topological polar surface area (TPSA) is 97.7 Å². The summed E-state index contributed by atoms with van der Waals surface area (Å²) >= 11 is -1.50. The minimum atomic E-state index is -6.19. The first-order valence-corrected chi connectivity index (χ1v) is 12.2. The second-order valence-corrected chi connectivity index (χ2v) is 9.99. The highest BCUT2D eigenvalue weighted by Crippen LogP contribution is 2.55. The number of hydrogen-bond donors (Lipinski definition) is 2. The van der Waals surface area contributed by atoms with E-state index in [0.717, 1.165) is 12.1 Å². The lowest BCUT2D eigenvalue weighted by molar-refractivity contribution is -0.166. The molecule has 2 rings (SSSR count). The molecule has 0 aromatic heterocycles. The Balaban J connectivity index is 3.00. The van der Waals surface area contributed by atoms with Gasteiger partial charge in [0, 0.05) is 9.79 Å². The van der Waals surface area contributed by atoms with E-state index < -0.39 is 85.1 Å². The molecule has 0 spiro atoms. The van der Waals surface area contributed by atoms with Gasteiger partial charge in [0.25, 0.3) is 0 Å². The summed E-state index contributed by atoms with van der Waals surface area (Å²) in [5, 5.41) is 18.3. The molecular weight excluding hydrogens is 563 g/mol. The van der Waals surface area contributed by atoms with Crippen LogP contribution in [0.2, 0.25) is 0 Å². The van der Waals surface area contributed by atoms with Crippen LogP contribution in [0, 0.1) is 0 Å². The molecule has 1 unspecified atom stereocenters. The van der Waals surface area contributed by atoms with Crippen LogP contribution in [-0.4, -0.2) is 33.0 Å². The quantitative estimate of drug-likeness (QED) is 0.227. The van der Waals surface area contributed by atoms with Gasteiger partial charge in [-0.05, 0) is 35.4 Å². The van der Waals surface area contributed by atoms with E-state index in [4.69, 9.17) is 5.11 Å². The largest absolute Gasteiger partial charge is 0.612 e. The molecule has 0 amide bonds. The summed E-state index contributed by atoms with van der Waals surface area (Å²) in [6.07, 6.45) is -17.1. The van der Waals surface area contributed by atoms with Crippen molar-refractivity contribution in [3.8, 4) is 0 Å². The van der Waals surface area contributed by atoms with Crippen LogP contribution >= 0.6 is 21.6 Å². The first kappa shape index (κ1) is 29.0. The Bertz CT molecular complexity index is 1140. The molecule has 17 heteroatoms. The fraction of sp³-hybridized carbons (Fsp3) is 0.222. The van der Waals surface area contributed by atoms with E-state index in [-0.39, 0.29) is 20.6 Å². The van der Waals surface area contributed by atoms with E-state index in [0.29, 0.717) is 0 Å². The van der Waals surface area contributed by atoms with Crippen molar-refractivity contribution in [2.24, 2.45) is 0 Å². The third-order valence-electron chi connectivity index (χ3n) is 4.11. The number of halogens is 9. The molecular formula is C18H9F9O5S3. The molecule has 2 N–H and O–H groups in total. The Morgan fingerprint density at radius 1 is 0.743 bits per heavy atom. The van der Waals surface area contributed by atoms with E-state index in [9.17, 15) is 58.8 Å². The fourth-order valence-electron chi connectivity index (χ4n) is 2.84. The van der Waals surface area contributed by atoms with Gasteiger partial charge in [-0.15, -0.1) is 0 Å². The normalized spacial score (nSPS) is 13.6. The molecule has 2 aromatic carbocycles. The second kappa shape index (κ2) is 10.0. The highest BCUT2D eigenvalue weighted by atomic mass is 33.1. The van der Waals surface area contributed by atoms with Crippen LogP contribution in [0.15, 0.2) is 39.0 Å². The van der Waals surface area contributed by atoms with E-state index in [1.165, 1.54) is 18.4 Å². The number of alkyl halides is 9. The van der Waals surface area contributed by atoms with Gasteiger partial charge in [0.2, 0.25) is 0 Å². The molecule has 0 aliphatic heterocycles. The van der Waals surface area contributed by atoms with Crippen molar-refractivity contribution in [3.63, 3.8) is 0 Å². The van der Waals surface area contributed by atoms with Crippen molar-refractivity contribution in [3.05, 3.63) is 52.1 Å². The summed E-state index contributed by atoms with van der Waals surface area (Å²) in [4.78, 5) is 20.9. The average Bonchev–Trinajstić information content (AvgIpc) is 2.68. The smallest absolute Gasteiger partial charge is 0.418 e. The lowest BCUT2D eigenvalue weighted by atomic mass is 9.89. The van der Waals surface area contributed by atoms with E-state index in [1.54, 1.807) is 0 Å². The van der Waals surface area contributed by atoms with Gasteiger partial charge in [-0.3, -0.25) is 0 Å². The Hall–Kier alpha value is -2.24. The van der Waals surface area contributed by atoms with Crippen LogP contribution in [0.1, 0.15) is 37.4 Å². The summed E-state index contributed by atoms with van der Waals surface area (Å²) in [6.45, 7) is 0. The van der Waals surface area contributed by atoms with Gasteiger partial charge in [-0.1, -0.05) is 21.6 Å². The van der Waals surface area contributed by atoms with Crippen LogP contribution < -0.4 is 0 Å². The van der Waals surface area contributed by atoms with Gasteiger partial charge in [-0.2, -0.15) is 39.5 Å². The molecule has 0 radical (unpaired) electrons. The molecule has 0 heterocycles. The van der Waals surface area contributed by atoms with Gasteiger partial charge in [0.15, 0.2) is 4.90 Å². The van der Waals surface area contributed by atoms with Crippen molar-refractivity contribution >= 4 is 44.7 Å². The summed E-state index contributed by atoms with van der Waals surface area (Å²) in [5.74, 6) is -5.77. The molecule has 0 saturated carbocycles. The van der Waals surface area contributed by atoms with Crippen LogP contribution in [0.5, 0.6) is 0 Å². The molecule has 0 aliphatic rings. The highest BCUT2D eigenvalue weighted by Gasteiger charge is 2.54. The van der Waals surface area contributed by atoms with Crippen molar-refractivity contribution in [2.45, 2.75) is 33.2 Å². The Labute approximate surface area is 200 Å². The number of carboxylic acids is 2. The SMILES string of the molecule is C[S+]([O-])c1ccc(SSc2c(C(F)(F)F)c(C(=O)O)c(C(=O)O)c(C(F)(F)F)c2C(F)(F)F)cc1. The molecule has 2 aromatic rings. The molecule has 192 valence electrons. The van der Waals surface area contributed by atoms with Crippen LogP contribution in [-0.2, 0) is 29.7 Å². The maximum absolute atomic E-state index is 13.8. The van der Waals surface area contributed by atoms with Crippen LogP contribution in [0.4, 0.5) is 39.5 Å². The van der Waals surface area contributed by atoms with Crippen LogP contribution in [0.3, 0.4) is 0 Å². The second-order valence-electron chi connectivity index (χ2n) is 6.40. The predicted molar refractivity (Wildman–Crippen MR) is 106 cm³/mol. The minimum Gasteiger partial charge on any atom is -0.612 e. The molecule has 0 saturated heterocycles. The van der Waals surface area contributed by atoms with Crippen LogP contribution in [0.25, 0.3) is 0 Å². The first-order chi connectivity index (χ1) is 15.8. The average molecular weight is 572 g/mol. The standard InChI is InChI=1S/C18H9F9O5S3/c1-35(32)7-4-2-6(3-5-7)33-34-13-11(17(22,23)24)9(15(30)31)8(14(28)29)10(16(19,20)21)12(13)18(25,26)27/h2-5H,1H3,(H,28,29)(H,30,31). The lowest BCUT2D eigenvalue weighted by Crippen LogP contribution is -2.29. The van der Waals surface area contributed by atoms with Crippen molar-refractivity contribution in [2.75, 3.05) is 6.26 Å². The zero-order valence-corrected chi connectivity index (χ0v) is 19.0. The molecule has 1 atom stereocenters.